The first-order chi connectivity index (χ1) is 13.1. The molecule has 1 amide bonds. The molecule has 1 aliphatic heterocycles. The van der Waals surface area contributed by atoms with Crippen molar-refractivity contribution in [3.8, 4) is 34.3 Å². The second-order valence-electron chi connectivity index (χ2n) is 6.03. The van der Waals surface area contributed by atoms with E-state index in [1.54, 1.807) is 26.4 Å². The quantitative estimate of drug-likeness (QED) is 0.760. The summed E-state index contributed by atoms with van der Waals surface area (Å²) in [6.45, 7) is 1.66. The van der Waals surface area contributed by atoms with E-state index in [0.29, 0.717) is 34.4 Å². The Bertz CT molecular complexity index is 1050. The molecule has 0 spiro atoms. The van der Waals surface area contributed by atoms with Gasteiger partial charge < -0.3 is 24.3 Å². The van der Waals surface area contributed by atoms with Gasteiger partial charge in [0.15, 0.2) is 23.0 Å². The Morgan fingerprint density at radius 2 is 1.74 bits per heavy atom. The van der Waals surface area contributed by atoms with Gasteiger partial charge in [0.1, 0.15) is 0 Å². The zero-order chi connectivity index (χ0) is 19.0. The molecule has 0 atom stereocenters. The third kappa shape index (κ3) is 3.08. The molecule has 0 radical (unpaired) electrons. The van der Waals surface area contributed by atoms with Crippen molar-refractivity contribution in [3.63, 3.8) is 0 Å². The number of hydrogen-bond donors (Lipinski definition) is 1. The van der Waals surface area contributed by atoms with E-state index in [2.05, 4.69) is 5.32 Å². The van der Waals surface area contributed by atoms with Crippen molar-refractivity contribution in [3.05, 3.63) is 36.4 Å². The molecule has 0 fully saturated rings. The minimum Gasteiger partial charge on any atom is -0.493 e. The van der Waals surface area contributed by atoms with E-state index in [9.17, 15) is 4.79 Å². The number of methoxy groups -OCH3 is 2. The molecule has 1 aliphatic rings. The molecule has 0 saturated heterocycles. The van der Waals surface area contributed by atoms with Crippen LogP contribution in [-0.4, -0.2) is 31.9 Å². The number of rotatable bonds is 4. The van der Waals surface area contributed by atoms with Crippen molar-refractivity contribution < 1.29 is 23.7 Å². The molecule has 0 saturated carbocycles. The maximum absolute atomic E-state index is 11.7. The number of ether oxygens (including phenoxy) is 4. The zero-order valence-corrected chi connectivity index (χ0v) is 15.2. The highest BCUT2D eigenvalue weighted by Crippen LogP contribution is 2.40. The Kier molecular flexibility index (Phi) is 4.19. The predicted octanol–water partition coefficient (Wildman–Crippen LogP) is 3.61. The summed E-state index contributed by atoms with van der Waals surface area (Å²) in [5.74, 6) is 2.26. The van der Waals surface area contributed by atoms with E-state index >= 15 is 0 Å². The number of carbonyl (C=O) groups excluding carboxylic acids is 1. The van der Waals surface area contributed by atoms with Gasteiger partial charge in [-0.25, -0.2) is 4.98 Å². The zero-order valence-electron chi connectivity index (χ0n) is 15.2. The SMILES string of the molecule is COc1cc(NC(C)=O)c(-c2ccc3cc4c(cc3n2)OCO4)cc1OC. The van der Waals surface area contributed by atoms with Gasteiger partial charge in [-0.3, -0.25) is 4.79 Å². The molecule has 0 bridgehead atoms. The smallest absolute Gasteiger partial charge is 0.231 e. The summed E-state index contributed by atoms with van der Waals surface area (Å²) in [7, 11) is 3.11. The van der Waals surface area contributed by atoms with Crippen molar-refractivity contribution in [2.75, 3.05) is 26.3 Å². The average Bonchev–Trinajstić information content (AvgIpc) is 3.12. The van der Waals surface area contributed by atoms with Gasteiger partial charge in [0.05, 0.1) is 31.1 Å². The molecule has 1 aromatic heterocycles. The first-order valence-corrected chi connectivity index (χ1v) is 8.33. The summed E-state index contributed by atoms with van der Waals surface area (Å²) in [6, 6.07) is 11.1. The van der Waals surface area contributed by atoms with Crippen LogP contribution in [0, 0.1) is 0 Å². The number of nitrogens with one attached hydrogen (secondary N) is 1. The third-order valence-corrected chi connectivity index (χ3v) is 4.29. The van der Waals surface area contributed by atoms with Crippen LogP contribution < -0.4 is 24.3 Å². The van der Waals surface area contributed by atoms with E-state index in [0.717, 1.165) is 16.5 Å². The largest absolute Gasteiger partial charge is 0.493 e. The van der Waals surface area contributed by atoms with Crippen LogP contribution in [-0.2, 0) is 4.79 Å². The lowest BCUT2D eigenvalue weighted by atomic mass is 10.1. The topological polar surface area (TPSA) is 78.9 Å². The molecular formula is C20H18N2O5. The fourth-order valence-corrected chi connectivity index (χ4v) is 3.05. The predicted molar refractivity (Wildman–Crippen MR) is 101 cm³/mol. The molecule has 1 N–H and O–H groups in total. The Hall–Kier alpha value is -3.48. The number of pyridine rings is 1. The number of benzene rings is 2. The number of nitrogens with zero attached hydrogens (tertiary/aromatic N) is 1. The van der Waals surface area contributed by atoms with Gasteiger partial charge in [-0.1, -0.05) is 6.07 Å². The first kappa shape index (κ1) is 17.0. The number of hydrogen-bond acceptors (Lipinski definition) is 6. The molecule has 2 aromatic carbocycles. The summed E-state index contributed by atoms with van der Waals surface area (Å²) in [4.78, 5) is 16.4. The fraction of sp³-hybridized carbons (Fsp3) is 0.200. The van der Waals surface area contributed by atoms with Crippen molar-refractivity contribution >= 4 is 22.5 Å². The maximum Gasteiger partial charge on any atom is 0.231 e. The molecule has 2 heterocycles. The van der Waals surface area contributed by atoms with Crippen molar-refractivity contribution in [2.24, 2.45) is 0 Å². The first-order valence-electron chi connectivity index (χ1n) is 8.33. The number of carbonyl (C=O) groups is 1. The highest BCUT2D eigenvalue weighted by molar-refractivity contribution is 5.95. The summed E-state index contributed by atoms with van der Waals surface area (Å²) >= 11 is 0. The Morgan fingerprint density at radius 1 is 1.04 bits per heavy atom. The summed E-state index contributed by atoms with van der Waals surface area (Å²) in [6.07, 6.45) is 0. The van der Waals surface area contributed by atoms with Crippen LogP contribution in [0.15, 0.2) is 36.4 Å². The molecule has 4 rings (SSSR count). The average molecular weight is 366 g/mol. The normalized spacial score (nSPS) is 12.1. The Morgan fingerprint density at radius 3 is 2.44 bits per heavy atom. The van der Waals surface area contributed by atoms with Gasteiger partial charge in [-0.15, -0.1) is 0 Å². The van der Waals surface area contributed by atoms with Gasteiger partial charge in [-0.05, 0) is 18.2 Å². The van der Waals surface area contributed by atoms with Gasteiger partial charge in [0, 0.05) is 30.0 Å². The molecule has 27 heavy (non-hydrogen) atoms. The molecular weight excluding hydrogens is 348 g/mol. The van der Waals surface area contributed by atoms with E-state index in [4.69, 9.17) is 23.9 Å². The minimum atomic E-state index is -0.187. The number of fused-ring (bicyclic) bond motifs is 2. The second kappa shape index (κ2) is 6.68. The van der Waals surface area contributed by atoms with Crippen LogP contribution in [0.25, 0.3) is 22.2 Å². The van der Waals surface area contributed by atoms with Crippen molar-refractivity contribution in [1.29, 1.82) is 0 Å². The van der Waals surface area contributed by atoms with Gasteiger partial charge in [-0.2, -0.15) is 0 Å². The lowest BCUT2D eigenvalue weighted by molar-refractivity contribution is -0.114. The Labute approximate surface area is 155 Å². The molecule has 7 nitrogen and oxygen atoms in total. The van der Waals surface area contributed by atoms with Crippen LogP contribution >= 0.6 is 0 Å². The highest BCUT2D eigenvalue weighted by Gasteiger charge is 2.18. The minimum absolute atomic E-state index is 0.187. The van der Waals surface area contributed by atoms with E-state index < -0.39 is 0 Å². The molecule has 0 unspecified atom stereocenters. The lowest BCUT2D eigenvalue weighted by Crippen LogP contribution is -2.08. The van der Waals surface area contributed by atoms with E-state index in [1.807, 2.05) is 24.3 Å². The van der Waals surface area contributed by atoms with Crippen LogP contribution in [0.3, 0.4) is 0 Å². The molecule has 7 heteroatoms. The van der Waals surface area contributed by atoms with Crippen molar-refractivity contribution in [2.45, 2.75) is 6.92 Å². The molecule has 0 aliphatic carbocycles. The number of anilines is 1. The Balaban J connectivity index is 1.88. The third-order valence-electron chi connectivity index (χ3n) is 4.29. The lowest BCUT2D eigenvalue weighted by Gasteiger charge is -2.15. The van der Waals surface area contributed by atoms with E-state index in [-0.39, 0.29) is 12.7 Å². The van der Waals surface area contributed by atoms with Crippen LogP contribution in [0.5, 0.6) is 23.0 Å². The summed E-state index contributed by atoms with van der Waals surface area (Å²) in [5.41, 5.74) is 2.77. The monoisotopic (exact) mass is 366 g/mol. The standard InChI is InChI=1S/C20H18N2O5/c1-11(23)21-16-9-18(25-3)17(24-2)7-13(16)14-5-4-12-6-19-20(27-10-26-19)8-15(12)22-14/h4-9H,10H2,1-3H3,(H,21,23). The van der Waals surface area contributed by atoms with Crippen LogP contribution in [0.2, 0.25) is 0 Å². The van der Waals surface area contributed by atoms with Gasteiger partial charge in [0.2, 0.25) is 12.7 Å². The number of aromatic nitrogens is 1. The van der Waals surface area contributed by atoms with Crippen LogP contribution in [0.1, 0.15) is 6.92 Å². The highest BCUT2D eigenvalue weighted by atomic mass is 16.7. The van der Waals surface area contributed by atoms with Crippen molar-refractivity contribution in [1.82, 2.24) is 4.98 Å². The summed E-state index contributed by atoms with van der Waals surface area (Å²) < 4.78 is 21.6. The maximum atomic E-state index is 11.7. The van der Waals surface area contributed by atoms with Crippen LogP contribution in [0.4, 0.5) is 5.69 Å². The number of amides is 1. The van der Waals surface area contributed by atoms with Gasteiger partial charge in [0.25, 0.3) is 0 Å². The fourth-order valence-electron chi connectivity index (χ4n) is 3.05. The van der Waals surface area contributed by atoms with Gasteiger partial charge >= 0.3 is 0 Å². The molecule has 3 aromatic rings. The summed E-state index contributed by atoms with van der Waals surface area (Å²) in [5, 5.41) is 3.76. The molecule has 138 valence electrons. The van der Waals surface area contributed by atoms with E-state index in [1.165, 1.54) is 6.92 Å². The second-order valence-corrected chi connectivity index (χ2v) is 6.03.